The Morgan fingerprint density at radius 2 is 1.56 bits per heavy atom. The molecule has 1 saturated carbocycles. The molecule has 1 aliphatic rings. The fraction of sp³-hybridized carbons (Fsp3) is 0.194. The molecule has 0 aliphatic heterocycles. The van der Waals surface area contributed by atoms with Gasteiger partial charge in [-0.15, -0.1) is 0 Å². The van der Waals surface area contributed by atoms with E-state index in [4.69, 9.17) is 14.7 Å². The molecule has 0 unspecified atom stereocenters. The van der Waals surface area contributed by atoms with Crippen LogP contribution in [0.4, 0.5) is 0 Å². The fourth-order valence-corrected chi connectivity index (χ4v) is 4.72. The van der Waals surface area contributed by atoms with Crippen LogP contribution in [0.15, 0.2) is 91.1 Å². The standard InChI is InChI=1S/C31H27N3O2/c1-21(35)36-31-28(19-23-11-8-14-26(17-23)24-15-16-24)33-30-27(18-22-9-4-2-5-10-22)32-29(20-34(30)31)25-12-6-3-7-13-25/h2-14,17,20,24H,15-16,18-19H2,1H3. The Morgan fingerprint density at radius 3 is 2.28 bits per heavy atom. The number of fused-ring (bicyclic) bond motifs is 1. The van der Waals surface area contributed by atoms with Gasteiger partial charge >= 0.3 is 5.97 Å². The molecule has 0 atom stereocenters. The van der Waals surface area contributed by atoms with Crippen molar-refractivity contribution in [3.05, 3.63) is 119 Å². The van der Waals surface area contributed by atoms with Gasteiger partial charge in [-0.05, 0) is 35.4 Å². The zero-order chi connectivity index (χ0) is 24.5. The van der Waals surface area contributed by atoms with Crippen molar-refractivity contribution < 1.29 is 9.53 Å². The van der Waals surface area contributed by atoms with Crippen LogP contribution in [-0.2, 0) is 17.6 Å². The first-order chi connectivity index (χ1) is 17.6. The zero-order valence-corrected chi connectivity index (χ0v) is 20.2. The van der Waals surface area contributed by atoms with Crippen molar-refractivity contribution in [1.29, 1.82) is 0 Å². The van der Waals surface area contributed by atoms with E-state index in [9.17, 15) is 4.79 Å². The lowest BCUT2D eigenvalue weighted by Crippen LogP contribution is -2.07. The fourth-order valence-electron chi connectivity index (χ4n) is 4.72. The molecule has 0 saturated heterocycles. The first kappa shape index (κ1) is 22.2. The minimum Gasteiger partial charge on any atom is -0.407 e. The summed E-state index contributed by atoms with van der Waals surface area (Å²) in [6, 6.07) is 29.0. The Balaban J connectivity index is 1.51. The van der Waals surface area contributed by atoms with Crippen molar-refractivity contribution in [1.82, 2.24) is 14.4 Å². The molecule has 2 aromatic heterocycles. The molecule has 0 spiro atoms. The van der Waals surface area contributed by atoms with Gasteiger partial charge in [0.2, 0.25) is 5.88 Å². The number of ether oxygens (including phenoxy) is 1. The largest absolute Gasteiger partial charge is 0.407 e. The number of imidazole rings is 1. The number of aromatic nitrogens is 3. The lowest BCUT2D eigenvalue weighted by molar-refractivity contribution is -0.132. The molecule has 0 bridgehead atoms. The van der Waals surface area contributed by atoms with Gasteiger partial charge in [-0.25, -0.2) is 9.97 Å². The predicted molar refractivity (Wildman–Crippen MR) is 140 cm³/mol. The number of carbonyl (C=O) groups excluding carboxylic acids is 1. The summed E-state index contributed by atoms with van der Waals surface area (Å²) in [5, 5.41) is 0. The molecule has 1 aliphatic carbocycles. The number of benzene rings is 3. The molecule has 3 aromatic carbocycles. The molecule has 2 heterocycles. The maximum absolute atomic E-state index is 12.2. The van der Waals surface area contributed by atoms with Crippen molar-refractivity contribution in [2.24, 2.45) is 0 Å². The quantitative estimate of drug-likeness (QED) is 0.257. The van der Waals surface area contributed by atoms with E-state index < -0.39 is 0 Å². The van der Waals surface area contributed by atoms with Crippen LogP contribution in [0.1, 0.15) is 53.8 Å². The van der Waals surface area contributed by atoms with Crippen molar-refractivity contribution in [2.75, 3.05) is 0 Å². The second kappa shape index (κ2) is 9.42. The molecule has 0 radical (unpaired) electrons. The Hall–Kier alpha value is -4.25. The molecule has 1 fully saturated rings. The minimum absolute atomic E-state index is 0.368. The van der Waals surface area contributed by atoms with E-state index >= 15 is 0 Å². The van der Waals surface area contributed by atoms with Gasteiger partial charge in [0.05, 0.1) is 11.4 Å². The van der Waals surface area contributed by atoms with Crippen molar-refractivity contribution in [3.8, 4) is 17.1 Å². The number of hydrogen-bond acceptors (Lipinski definition) is 4. The van der Waals surface area contributed by atoms with Crippen LogP contribution in [0.5, 0.6) is 5.88 Å². The zero-order valence-electron chi connectivity index (χ0n) is 20.2. The molecule has 0 amide bonds. The van der Waals surface area contributed by atoms with Gasteiger partial charge in [-0.3, -0.25) is 9.20 Å². The third-order valence-electron chi connectivity index (χ3n) is 6.60. The summed E-state index contributed by atoms with van der Waals surface area (Å²) in [6.07, 6.45) is 5.64. The molecule has 36 heavy (non-hydrogen) atoms. The van der Waals surface area contributed by atoms with Crippen LogP contribution >= 0.6 is 0 Å². The molecule has 5 nitrogen and oxygen atoms in total. The highest BCUT2D eigenvalue weighted by molar-refractivity contribution is 5.71. The number of rotatable bonds is 7. The Kier molecular flexibility index (Phi) is 5.82. The highest BCUT2D eigenvalue weighted by atomic mass is 16.5. The van der Waals surface area contributed by atoms with Crippen molar-refractivity contribution in [2.45, 2.75) is 38.5 Å². The summed E-state index contributed by atoms with van der Waals surface area (Å²) in [5.41, 5.74) is 7.78. The average Bonchev–Trinajstić information content (AvgIpc) is 3.70. The first-order valence-electron chi connectivity index (χ1n) is 12.4. The van der Waals surface area contributed by atoms with E-state index in [0.717, 1.165) is 33.8 Å². The first-order valence-corrected chi connectivity index (χ1v) is 12.4. The monoisotopic (exact) mass is 473 g/mol. The van der Waals surface area contributed by atoms with E-state index in [1.807, 2.05) is 59.1 Å². The molecular formula is C31H27N3O2. The Morgan fingerprint density at radius 1 is 0.861 bits per heavy atom. The van der Waals surface area contributed by atoms with E-state index in [0.29, 0.717) is 30.3 Å². The predicted octanol–water partition coefficient (Wildman–Crippen LogP) is 6.38. The van der Waals surface area contributed by atoms with Crippen LogP contribution in [-0.4, -0.2) is 20.3 Å². The van der Waals surface area contributed by atoms with Gasteiger partial charge in [0, 0.05) is 31.5 Å². The highest BCUT2D eigenvalue weighted by Crippen LogP contribution is 2.40. The van der Waals surface area contributed by atoms with Gasteiger partial charge in [-0.2, -0.15) is 0 Å². The van der Waals surface area contributed by atoms with E-state index in [2.05, 4.69) is 36.4 Å². The normalized spacial score (nSPS) is 13.1. The summed E-state index contributed by atoms with van der Waals surface area (Å²) in [6.45, 7) is 1.43. The summed E-state index contributed by atoms with van der Waals surface area (Å²) in [7, 11) is 0. The topological polar surface area (TPSA) is 56.5 Å². The SMILES string of the molecule is CC(=O)Oc1c(Cc2cccc(C3CC3)c2)nc2c(Cc3ccccc3)nc(-c3ccccc3)cn12. The Bertz CT molecular complexity index is 1540. The van der Waals surface area contributed by atoms with E-state index in [1.165, 1.54) is 25.3 Å². The van der Waals surface area contributed by atoms with Gasteiger partial charge < -0.3 is 4.74 Å². The van der Waals surface area contributed by atoms with E-state index in [-0.39, 0.29) is 5.97 Å². The van der Waals surface area contributed by atoms with Gasteiger partial charge in [-0.1, -0.05) is 84.9 Å². The summed E-state index contributed by atoms with van der Waals surface area (Å²) in [4.78, 5) is 22.2. The molecule has 5 heteroatoms. The van der Waals surface area contributed by atoms with Crippen molar-refractivity contribution >= 4 is 11.6 Å². The smallest absolute Gasteiger partial charge is 0.309 e. The molecule has 0 N–H and O–H groups in total. The number of carbonyl (C=O) groups is 1. The van der Waals surface area contributed by atoms with Gasteiger partial charge in [0.1, 0.15) is 5.69 Å². The minimum atomic E-state index is -0.368. The van der Waals surface area contributed by atoms with Crippen LogP contribution in [0.25, 0.3) is 16.9 Å². The van der Waals surface area contributed by atoms with E-state index in [1.54, 1.807) is 0 Å². The summed E-state index contributed by atoms with van der Waals surface area (Å²) in [5.74, 6) is 0.768. The van der Waals surface area contributed by atoms with Crippen LogP contribution in [0.2, 0.25) is 0 Å². The summed E-state index contributed by atoms with van der Waals surface area (Å²) < 4.78 is 7.69. The Labute approximate surface area is 210 Å². The maximum atomic E-state index is 12.2. The van der Waals surface area contributed by atoms with Crippen molar-refractivity contribution in [3.63, 3.8) is 0 Å². The lowest BCUT2D eigenvalue weighted by Gasteiger charge is -2.10. The third kappa shape index (κ3) is 4.65. The molecule has 178 valence electrons. The van der Waals surface area contributed by atoms with Crippen LogP contribution in [0.3, 0.4) is 0 Å². The van der Waals surface area contributed by atoms with Gasteiger partial charge in [0.25, 0.3) is 0 Å². The highest BCUT2D eigenvalue weighted by Gasteiger charge is 2.24. The molecule has 5 aromatic rings. The van der Waals surface area contributed by atoms with Crippen LogP contribution < -0.4 is 4.74 Å². The molecule has 6 rings (SSSR count). The van der Waals surface area contributed by atoms with Crippen LogP contribution in [0, 0.1) is 0 Å². The third-order valence-corrected chi connectivity index (χ3v) is 6.60. The second-order valence-electron chi connectivity index (χ2n) is 9.45. The average molecular weight is 474 g/mol. The lowest BCUT2D eigenvalue weighted by atomic mass is 10.0. The second-order valence-corrected chi connectivity index (χ2v) is 9.45. The number of nitrogens with zero attached hydrogens (tertiary/aromatic N) is 3. The maximum Gasteiger partial charge on any atom is 0.309 e. The molecular weight excluding hydrogens is 446 g/mol. The number of esters is 1. The summed E-state index contributed by atoms with van der Waals surface area (Å²) >= 11 is 0. The van der Waals surface area contributed by atoms with Gasteiger partial charge in [0.15, 0.2) is 5.65 Å². The number of hydrogen-bond donors (Lipinski definition) is 0.